The van der Waals surface area contributed by atoms with Gasteiger partial charge in [-0.2, -0.15) is 0 Å². The van der Waals surface area contributed by atoms with Crippen LogP contribution in [-0.4, -0.2) is 148 Å². The number of methoxy groups -OCH3 is 2. The summed E-state index contributed by atoms with van der Waals surface area (Å²) in [6.07, 6.45) is 0. The SMILES string of the molecule is COCCOCOc1ccccc1CN(CC(=O)O[Si](C)(C)C(C)(C)C)[C@@H](CO[Si](C)(C)C(C)(C)C)[C@H](CO[Si](C)(C)C(C)(C)C)N(CC(=O)O[Si](C)(C)C(C)(C)C)Cc1ccccc1OCOCCOC. The first-order chi connectivity index (χ1) is 33.0. The Labute approximate surface area is 441 Å². The van der Waals surface area contributed by atoms with E-state index in [1.807, 2.05) is 48.5 Å². The zero-order chi connectivity index (χ0) is 55.0. The van der Waals surface area contributed by atoms with Crippen molar-refractivity contribution in [3.63, 3.8) is 0 Å². The van der Waals surface area contributed by atoms with Crippen molar-refractivity contribution in [2.45, 2.75) is 181 Å². The van der Waals surface area contributed by atoms with Gasteiger partial charge in [0, 0.05) is 38.4 Å². The van der Waals surface area contributed by atoms with E-state index in [0.717, 1.165) is 11.1 Å². The van der Waals surface area contributed by atoms with E-state index >= 15 is 0 Å². The Kier molecular flexibility index (Phi) is 25.6. The minimum absolute atomic E-state index is 0.0116. The molecular weight excluding hydrogens is 981 g/mol. The lowest BCUT2D eigenvalue weighted by Crippen LogP contribution is -2.60. The van der Waals surface area contributed by atoms with E-state index in [1.54, 1.807) is 14.2 Å². The van der Waals surface area contributed by atoms with E-state index in [0.29, 0.717) is 37.9 Å². The van der Waals surface area contributed by atoms with Crippen LogP contribution in [0, 0.1) is 0 Å². The fourth-order valence-electron chi connectivity index (χ4n) is 6.39. The van der Waals surface area contributed by atoms with Gasteiger partial charge in [0.25, 0.3) is 16.6 Å². The first kappa shape index (κ1) is 65.6. The summed E-state index contributed by atoms with van der Waals surface area (Å²) < 4.78 is 62.4. The maximum atomic E-state index is 14.8. The molecule has 0 aliphatic carbocycles. The summed E-state index contributed by atoms with van der Waals surface area (Å²) in [5.41, 5.74) is 1.68. The average molecular weight is 1080 g/mol. The molecule has 0 saturated heterocycles. The van der Waals surface area contributed by atoms with Crippen molar-refractivity contribution in [1.82, 2.24) is 9.80 Å². The van der Waals surface area contributed by atoms with Gasteiger partial charge in [0.15, 0.2) is 30.2 Å². The molecule has 0 aliphatic rings. The molecule has 2 rings (SSSR count). The first-order valence-corrected chi connectivity index (χ1v) is 37.4. The number of carbonyl (C=O) groups is 2. The molecule has 0 N–H and O–H groups in total. The molecule has 0 radical (unpaired) electrons. The minimum Gasteiger partial charge on any atom is -0.518 e. The van der Waals surface area contributed by atoms with Crippen molar-refractivity contribution in [3.8, 4) is 11.5 Å². The third-order valence-corrected chi connectivity index (χ3v) is 33.1. The van der Waals surface area contributed by atoms with Crippen LogP contribution in [0.1, 0.15) is 94.2 Å². The Morgan fingerprint density at radius 2 is 0.778 bits per heavy atom. The Balaban J connectivity index is 3.15. The van der Waals surface area contributed by atoms with Crippen LogP contribution in [0.4, 0.5) is 0 Å². The second-order valence-corrected chi connectivity index (χ2v) is 44.2. The normalized spacial score (nSPS) is 14.4. The van der Waals surface area contributed by atoms with Gasteiger partial charge >= 0.3 is 11.9 Å². The monoisotopic (exact) mass is 1080 g/mol. The van der Waals surface area contributed by atoms with Gasteiger partial charge in [-0.25, -0.2) is 0 Å². The largest absolute Gasteiger partial charge is 0.518 e. The van der Waals surface area contributed by atoms with E-state index in [9.17, 15) is 9.59 Å². The highest BCUT2D eigenvalue weighted by molar-refractivity contribution is 6.76. The maximum Gasteiger partial charge on any atom is 0.306 e. The molecule has 2 aromatic rings. The highest BCUT2D eigenvalue weighted by Crippen LogP contribution is 2.41. The van der Waals surface area contributed by atoms with E-state index in [4.69, 9.17) is 46.1 Å². The van der Waals surface area contributed by atoms with Gasteiger partial charge in [0.05, 0.1) is 64.8 Å². The zero-order valence-electron chi connectivity index (χ0n) is 49.1. The van der Waals surface area contributed by atoms with Crippen LogP contribution in [0.5, 0.6) is 11.5 Å². The molecule has 0 unspecified atom stereocenters. The molecule has 0 aromatic heterocycles. The molecule has 0 aliphatic heterocycles. The Morgan fingerprint density at radius 1 is 0.472 bits per heavy atom. The highest BCUT2D eigenvalue weighted by Gasteiger charge is 2.46. The number of benzene rings is 2. The van der Waals surface area contributed by atoms with Gasteiger partial charge in [-0.15, -0.1) is 0 Å². The van der Waals surface area contributed by atoms with Crippen LogP contribution in [-0.2, 0) is 59.3 Å². The number of rotatable bonds is 31. The number of carbonyl (C=O) groups excluding carboxylic acids is 2. The molecule has 2 atom stereocenters. The standard InChI is InChI=1S/C54H100N2O12Si4/c1-51(2,3)69(15,16)65-39-45(55(37-49(57)67-71(19,20)53(7,8)9)35-43-27-23-25-29-47(43)63-41-61-33-31-59-13)46(40-66-70(17,18)52(4,5)6)56(38-50(58)68-72(21,22)54(10,11)12)36-44-28-24-26-30-48(44)64-42-62-34-32-60-14/h23-30,45-46H,31-42H2,1-22H3/t45-,46-/m0/s1. The molecule has 0 bridgehead atoms. The number of para-hydroxylation sites is 2. The highest BCUT2D eigenvalue weighted by atomic mass is 28.4. The summed E-state index contributed by atoms with van der Waals surface area (Å²) in [6.45, 7) is 45.9. The van der Waals surface area contributed by atoms with E-state index in [1.165, 1.54) is 0 Å². The summed E-state index contributed by atoms with van der Waals surface area (Å²) in [7, 11) is -6.88. The Morgan fingerprint density at radius 3 is 1.07 bits per heavy atom. The maximum absolute atomic E-state index is 14.8. The molecule has 0 saturated carbocycles. The predicted molar refractivity (Wildman–Crippen MR) is 301 cm³/mol. The molecule has 72 heavy (non-hydrogen) atoms. The van der Waals surface area contributed by atoms with Gasteiger partial charge in [-0.3, -0.25) is 19.4 Å². The van der Waals surface area contributed by atoms with Gasteiger partial charge in [-0.05, 0) is 84.7 Å². The summed E-state index contributed by atoms with van der Waals surface area (Å²) in [5.74, 6) is 0.564. The zero-order valence-corrected chi connectivity index (χ0v) is 53.1. The fourth-order valence-corrected chi connectivity index (χ4v) is 10.3. The van der Waals surface area contributed by atoms with E-state index in [-0.39, 0.29) is 85.1 Å². The van der Waals surface area contributed by atoms with Crippen LogP contribution in [0.2, 0.25) is 72.5 Å². The smallest absolute Gasteiger partial charge is 0.306 e. The van der Waals surface area contributed by atoms with Crippen LogP contribution >= 0.6 is 0 Å². The lowest BCUT2D eigenvalue weighted by molar-refractivity contribution is -0.141. The lowest BCUT2D eigenvalue weighted by Gasteiger charge is -2.46. The number of hydrogen-bond donors (Lipinski definition) is 0. The Bertz CT molecular complexity index is 1800. The van der Waals surface area contributed by atoms with Crippen molar-refractivity contribution in [2.24, 2.45) is 0 Å². The van der Waals surface area contributed by atoms with Crippen molar-refractivity contribution < 1.29 is 55.7 Å². The average Bonchev–Trinajstić information content (AvgIpc) is 3.23. The number of ether oxygens (including phenoxy) is 6. The fraction of sp³-hybridized carbons (Fsp3) is 0.741. The number of hydrogen-bond acceptors (Lipinski definition) is 14. The summed E-state index contributed by atoms with van der Waals surface area (Å²) in [6, 6.07) is 14.5. The van der Waals surface area contributed by atoms with Gasteiger partial charge in [-0.1, -0.05) is 119 Å². The summed E-state index contributed by atoms with van der Waals surface area (Å²) >= 11 is 0. The Hall–Kier alpha value is -2.47. The quantitative estimate of drug-likeness (QED) is 0.0403. The molecule has 414 valence electrons. The van der Waals surface area contributed by atoms with Crippen molar-refractivity contribution in [2.75, 3.05) is 80.5 Å². The van der Waals surface area contributed by atoms with Crippen molar-refractivity contribution >= 4 is 45.2 Å². The van der Waals surface area contributed by atoms with Crippen LogP contribution in [0.15, 0.2) is 48.5 Å². The van der Waals surface area contributed by atoms with Crippen molar-refractivity contribution in [3.05, 3.63) is 59.7 Å². The second-order valence-electron chi connectivity index (χ2n) is 25.1. The summed E-state index contributed by atoms with van der Waals surface area (Å²) in [4.78, 5) is 34.0. The molecule has 18 heteroatoms. The van der Waals surface area contributed by atoms with Crippen LogP contribution in [0.3, 0.4) is 0 Å². The van der Waals surface area contributed by atoms with Crippen LogP contribution < -0.4 is 9.47 Å². The van der Waals surface area contributed by atoms with Crippen LogP contribution in [0.25, 0.3) is 0 Å². The second kappa shape index (κ2) is 28.1. The number of nitrogens with zero attached hydrogens (tertiary/aromatic N) is 2. The van der Waals surface area contributed by atoms with Gasteiger partial charge in [0.1, 0.15) is 11.5 Å². The third kappa shape index (κ3) is 20.9. The molecule has 0 amide bonds. The summed E-state index contributed by atoms with van der Waals surface area (Å²) in [5, 5.41) is -0.748. The third-order valence-electron chi connectivity index (χ3n) is 15.4. The van der Waals surface area contributed by atoms with Gasteiger partial charge < -0.3 is 46.1 Å². The van der Waals surface area contributed by atoms with E-state index in [2.05, 4.69) is 145 Å². The molecule has 14 nitrogen and oxygen atoms in total. The first-order valence-electron chi connectivity index (χ1n) is 25.7. The molecule has 0 heterocycles. The van der Waals surface area contributed by atoms with Crippen molar-refractivity contribution in [1.29, 1.82) is 0 Å². The molecular formula is C54H100N2O12Si4. The topological polar surface area (TPSA) is 133 Å². The minimum atomic E-state index is -2.59. The van der Waals surface area contributed by atoms with E-state index < -0.39 is 45.4 Å². The predicted octanol–water partition coefficient (Wildman–Crippen LogP) is 11.9. The van der Waals surface area contributed by atoms with Gasteiger partial charge in [0.2, 0.25) is 0 Å². The molecule has 0 fully saturated rings. The lowest BCUT2D eigenvalue weighted by atomic mass is 10.0. The molecule has 2 aromatic carbocycles. The molecule has 0 spiro atoms.